The van der Waals surface area contributed by atoms with E-state index in [1.54, 1.807) is 6.20 Å². The van der Waals surface area contributed by atoms with Crippen molar-refractivity contribution >= 4 is 0 Å². The fourth-order valence-electron chi connectivity index (χ4n) is 2.81. The Morgan fingerprint density at radius 1 is 1.27 bits per heavy atom. The van der Waals surface area contributed by atoms with Crippen molar-refractivity contribution in [2.75, 3.05) is 13.2 Å². The van der Waals surface area contributed by atoms with Gasteiger partial charge in [0.25, 0.3) is 0 Å². The second-order valence-corrected chi connectivity index (χ2v) is 4.84. The predicted octanol–water partition coefficient (Wildman–Crippen LogP) is 2.17. The minimum atomic E-state index is 0.459. The lowest BCUT2D eigenvalue weighted by molar-refractivity contribution is 0.141. The molecule has 0 N–H and O–H groups in total. The zero-order valence-corrected chi connectivity index (χ0v) is 8.96. The van der Waals surface area contributed by atoms with Crippen LogP contribution in [0.1, 0.15) is 30.5 Å². The molecule has 1 aromatic heterocycles. The summed E-state index contributed by atoms with van der Waals surface area (Å²) in [5.74, 6) is 0. The second kappa shape index (κ2) is 3.60. The van der Waals surface area contributed by atoms with Gasteiger partial charge in [0, 0.05) is 24.6 Å². The molecule has 0 bridgehead atoms. The van der Waals surface area contributed by atoms with Gasteiger partial charge >= 0.3 is 0 Å². The van der Waals surface area contributed by atoms with Crippen LogP contribution in [-0.4, -0.2) is 18.2 Å². The van der Waals surface area contributed by atoms with Crippen LogP contribution in [0.5, 0.6) is 0 Å². The van der Waals surface area contributed by atoms with E-state index in [0.29, 0.717) is 5.41 Å². The van der Waals surface area contributed by atoms with Crippen molar-refractivity contribution in [3.63, 3.8) is 0 Å². The SMILES string of the molecule is [c]1cnc2c(c1)CCC1(CCOC1)CC2. The molecule has 79 valence electrons. The molecular weight excluding hydrogens is 186 g/mol. The Labute approximate surface area is 90.7 Å². The van der Waals surface area contributed by atoms with Gasteiger partial charge in [0.1, 0.15) is 0 Å². The van der Waals surface area contributed by atoms with Gasteiger partial charge in [-0.1, -0.05) is 0 Å². The van der Waals surface area contributed by atoms with Gasteiger partial charge in [-0.05, 0) is 49.1 Å². The van der Waals surface area contributed by atoms with Crippen molar-refractivity contribution in [1.82, 2.24) is 4.98 Å². The van der Waals surface area contributed by atoms with Gasteiger partial charge in [-0.3, -0.25) is 4.98 Å². The lowest BCUT2D eigenvalue weighted by Crippen LogP contribution is -2.21. The molecule has 2 aliphatic rings. The standard InChI is InChI=1S/C13H16NO/c1-2-11-3-5-13(7-9-15-10-13)6-4-12(11)14-8-1/h2,8H,3-7,9-10H2. The number of rotatable bonds is 0. The minimum Gasteiger partial charge on any atom is -0.381 e. The third kappa shape index (κ3) is 1.67. The van der Waals surface area contributed by atoms with E-state index in [0.717, 1.165) is 26.1 Å². The first-order valence-corrected chi connectivity index (χ1v) is 5.80. The highest BCUT2D eigenvalue weighted by atomic mass is 16.5. The van der Waals surface area contributed by atoms with Crippen LogP contribution in [0.2, 0.25) is 0 Å². The molecule has 2 nitrogen and oxygen atoms in total. The Morgan fingerprint density at radius 2 is 2.20 bits per heavy atom. The van der Waals surface area contributed by atoms with Crippen LogP contribution in [-0.2, 0) is 17.6 Å². The first kappa shape index (κ1) is 9.34. The first-order valence-electron chi connectivity index (χ1n) is 5.80. The molecule has 2 heterocycles. The summed E-state index contributed by atoms with van der Waals surface area (Å²) < 4.78 is 5.56. The van der Waals surface area contributed by atoms with Gasteiger partial charge in [-0.25, -0.2) is 0 Å². The smallest absolute Gasteiger partial charge is 0.0523 e. The Balaban J connectivity index is 1.85. The number of aromatic nitrogens is 1. The van der Waals surface area contributed by atoms with Crippen LogP contribution in [0, 0.1) is 11.5 Å². The van der Waals surface area contributed by atoms with E-state index in [2.05, 4.69) is 17.1 Å². The van der Waals surface area contributed by atoms with Gasteiger partial charge in [0.2, 0.25) is 0 Å². The average Bonchev–Trinajstić information content (AvgIpc) is 2.65. The normalized spacial score (nSPS) is 30.1. The zero-order chi connectivity index (χ0) is 10.1. The maximum atomic E-state index is 5.56. The van der Waals surface area contributed by atoms with Crippen molar-refractivity contribution in [3.8, 4) is 0 Å². The summed E-state index contributed by atoms with van der Waals surface area (Å²) in [5.41, 5.74) is 3.15. The van der Waals surface area contributed by atoms with Crippen molar-refractivity contribution in [2.45, 2.75) is 32.1 Å². The molecule has 1 aliphatic heterocycles. The van der Waals surface area contributed by atoms with Crippen LogP contribution in [0.15, 0.2) is 12.3 Å². The molecule has 1 aliphatic carbocycles. The van der Waals surface area contributed by atoms with E-state index in [4.69, 9.17) is 4.74 Å². The Morgan fingerprint density at radius 3 is 3.07 bits per heavy atom. The molecule has 2 heteroatoms. The monoisotopic (exact) mass is 202 g/mol. The van der Waals surface area contributed by atoms with E-state index >= 15 is 0 Å². The number of hydrogen-bond donors (Lipinski definition) is 0. The fourth-order valence-corrected chi connectivity index (χ4v) is 2.81. The summed E-state index contributed by atoms with van der Waals surface area (Å²) in [6, 6.07) is 5.19. The van der Waals surface area contributed by atoms with Crippen molar-refractivity contribution in [2.24, 2.45) is 5.41 Å². The number of aryl methyl sites for hydroxylation is 2. The van der Waals surface area contributed by atoms with E-state index in [9.17, 15) is 0 Å². The van der Waals surface area contributed by atoms with Gasteiger partial charge in [-0.15, -0.1) is 0 Å². The number of hydrogen-bond acceptors (Lipinski definition) is 2. The minimum absolute atomic E-state index is 0.459. The largest absolute Gasteiger partial charge is 0.381 e. The number of nitrogens with zero attached hydrogens (tertiary/aromatic N) is 1. The molecule has 0 saturated carbocycles. The number of pyridine rings is 1. The molecule has 0 amide bonds. The number of ether oxygens (including phenoxy) is 1. The first-order chi connectivity index (χ1) is 7.38. The molecule has 1 radical (unpaired) electrons. The molecule has 1 fully saturated rings. The van der Waals surface area contributed by atoms with Crippen LogP contribution >= 0.6 is 0 Å². The maximum absolute atomic E-state index is 5.56. The fraction of sp³-hybridized carbons (Fsp3) is 0.615. The Kier molecular flexibility index (Phi) is 2.24. The molecule has 1 unspecified atom stereocenters. The zero-order valence-electron chi connectivity index (χ0n) is 8.96. The van der Waals surface area contributed by atoms with Crippen LogP contribution in [0.25, 0.3) is 0 Å². The quantitative estimate of drug-likeness (QED) is 0.643. The number of fused-ring (bicyclic) bond motifs is 1. The highest BCUT2D eigenvalue weighted by molar-refractivity contribution is 5.21. The topological polar surface area (TPSA) is 22.1 Å². The lowest BCUT2D eigenvalue weighted by atomic mass is 9.80. The molecule has 3 rings (SSSR count). The van der Waals surface area contributed by atoms with E-state index < -0.39 is 0 Å². The van der Waals surface area contributed by atoms with Crippen molar-refractivity contribution in [3.05, 3.63) is 29.6 Å². The van der Waals surface area contributed by atoms with Crippen LogP contribution in [0.4, 0.5) is 0 Å². The second-order valence-electron chi connectivity index (χ2n) is 4.84. The highest BCUT2D eigenvalue weighted by Crippen LogP contribution is 2.40. The molecule has 1 saturated heterocycles. The highest BCUT2D eigenvalue weighted by Gasteiger charge is 2.36. The summed E-state index contributed by atoms with van der Waals surface area (Å²) in [6.45, 7) is 1.92. The summed E-state index contributed by atoms with van der Waals surface area (Å²) in [7, 11) is 0. The third-order valence-corrected chi connectivity index (χ3v) is 3.92. The van der Waals surface area contributed by atoms with Gasteiger partial charge < -0.3 is 4.74 Å². The van der Waals surface area contributed by atoms with Gasteiger partial charge in [0.05, 0.1) is 6.61 Å². The molecule has 1 spiro atoms. The summed E-state index contributed by atoms with van der Waals surface area (Å²) in [4.78, 5) is 4.44. The molecule has 1 aromatic rings. The predicted molar refractivity (Wildman–Crippen MR) is 57.6 cm³/mol. The summed E-state index contributed by atoms with van der Waals surface area (Å²) >= 11 is 0. The molecule has 1 atom stereocenters. The van der Waals surface area contributed by atoms with Crippen LogP contribution < -0.4 is 0 Å². The molecule has 15 heavy (non-hydrogen) atoms. The maximum Gasteiger partial charge on any atom is 0.0523 e. The van der Waals surface area contributed by atoms with Gasteiger partial charge in [0.15, 0.2) is 0 Å². The van der Waals surface area contributed by atoms with Crippen molar-refractivity contribution in [1.29, 1.82) is 0 Å². The summed E-state index contributed by atoms with van der Waals surface area (Å²) in [6.07, 6.45) is 7.82. The van der Waals surface area contributed by atoms with E-state index in [1.165, 1.54) is 30.5 Å². The van der Waals surface area contributed by atoms with Crippen molar-refractivity contribution < 1.29 is 4.74 Å². The summed E-state index contributed by atoms with van der Waals surface area (Å²) in [5, 5.41) is 0. The van der Waals surface area contributed by atoms with Crippen LogP contribution in [0.3, 0.4) is 0 Å². The van der Waals surface area contributed by atoms with E-state index in [-0.39, 0.29) is 0 Å². The third-order valence-electron chi connectivity index (χ3n) is 3.92. The average molecular weight is 202 g/mol. The molecular formula is C13H16NO. The van der Waals surface area contributed by atoms with E-state index in [1.807, 2.05) is 0 Å². The Bertz CT molecular complexity index is 326. The molecule has 0 aromatic carbocycles. The lowest BCUT2D eigenvalue weighted by Gasteiger charge is -2.24. The van der Waals surface area contributed by atoms with Gasteiger partial charge in [-0.2, -0.15) is 0 Å². The Hall–Kier alpha value is -0.890.